The molecule has 38 heavy (non-hydrogen) atoms. The molecule has 2 nitrogen and oxygen atoms in total. The van der Waals surface area contributed by atoms with E-state index in [1.54, 1.807) is 0 Å². The normalized spacial score (nSPS) is 39.3. The highest BCUT2D eigenvalue weighted by Crippen LogP contribution is 2.68. The zero-order valence-corrected chi connectivity index (χ0v) is 25.7. The molecule has 0 heterocycles. The summed E-state index contributed by atoms with van der Waals surface area (Å²) in [5.74, 6) is 6.00. The van der Waals surface area contributed by atoms with Crippen molar-refractivity contribution in [2.45, 2.75) is 132 Å². The molecular formula is C36H56O2. The van der Waals surface area contributed by atoms with Crippen LogP contribution in [0.15, 0.2) is 18.2 Å². The maximum atomic E-state index is 13.0. The Labute approximate surface area is 234 Å². The van der Waals surface area contributed by atoms with Gasteiger partial charge in [0.25, 0.3) is 0 Å². The van der Waals surface area contributed by atoms with E-state index in [-0.39, 0.29) is 12.1 Å². The molecule has 0 amide bonds. The molecule has 1 aromatic rings. The van der Waals surface area contributed by atoms with Gasteiger partial charge in [0.05, 0.1) is 5.56 Å². The van der Waals surface area contributed by atoms with Crippen LogP contribution in [0.25, 0.3) is 0 Å². The summed E-state index contributed by atoms with van der Waals surface area (Å²) >= 11 is 0. The predicted molar refractivity (Wildman–Crippen MR) is 158 cm³/mol. The second-order valence-electron chi connectivity index (χ2n) is 15.4. The van der Waals surface area contributed by atoms with E-state index in [9.17, 15) is 4.79 Å². The Hall–Kier alpha value is -1.31. The average Bonchev–Trinajstić information content (AvgIpc) is 3.20. The van der Waals surface area contributed by atoms with Crippen molar-refractivity contribution < 1.29 is 9.53 Å². The molecule has 212 valence electrons. The van der Waals surface area contributed by atoms with Gasteiger partial charge in [0.15, 0.2) is 0 Å². The molecule has 1 aromatic carbocycles. The number of aryl methyl sites for hydroxylation is 2. The summed E-state index contributed by atoms with van der Waals surface area (Å²) in [7, 11) is 0. The number of ether oxygens (including phenoxy) is 1. The highest BCUT2D eigenvalue weighted by atomic mass is 16.5. The van der Waals surface area contributed by atoms with Crippen molar-refractivity contribution in [3.05, 3.63) is 34.9 Å². The van der Waals surface area contributed by atoms with E-state index in [0.29, 0.717) is 16.7 Å². The van der Waals surface area contributed by atoms with Gasteiger partial charge in [-0.1, -0.05) is 71.1 Å². The molecule has 0 spiro atoms. The molecule has 5 rings (SSSR count). The molecule has 0 aromatic heterocycles. The van der Waals surface area contributed by atoms with Crippen molar-refractivity contribution in [2.75, 3.05) is 0 Å². The molecule has 4 aliphatic rings. The second-order valence-corrected chi connectivity index (χ2v) is 15.4. The molecule has 4 fully saturated rings. The first-order chi connectivity index (χ1) is 18.0. The van der Waals surface area contributed by atoms with Gasteiger partial charge >= 0.3 is 5.97 Å². The summed E-state index contributed by atoms with van der Waals surface area (Å²) in [5, 5.41) is 0. The lowest BCUT2D eigenvalue weighted by molar-refractivity contribution is -0.130. The summed E-state index contributed by atoms with van der Waals surface area (Å²) in [6.45, 7) is 16.8. The van der Waals surface area contributed by atoms with Crippen molar-refractivity contribution in [3.8, 4) is 0 Å². The Balaban J connectivity index is 1.22. The van der Waals surface area contributed by atoms with Gasteiger partial charge < -0.3 is 4.74 Å². The highest BCUT2D eigenvalue weighted by molar-refractivity contribution is 5.90. The van der Waals surface area contributed by atoms with Crippen LogP contribution in [0.2, 0.25) is 0 Å². The summed E-state index contributed by atoms with van der Waals surface area (Å²) in [4.78, 5) is 13.0. The molecule has 4 saturated carbocycles. The van der Waals surface area contributed by atoms with Gasteiger partial charge in [0, 0.05) is 0 Å². The number of hydrogen-bond acceptors (Lipinski definition) is 2. The van der Waals surface area contributed by atoms with Gasteiger partial charge in [0.1, 0.15) is 6.10 Å². The van der Waals surface area contributed by atoms with Crippen LogP contribution in [-0.2, 0) is 4.74 Å². The zero-order chi connectivity index (χ0) is 27.2. The van der Waals surface area contributed by atoms with Gasteiger partial charge in [-0.25, -0.2) is 4.79 Å². The minimum Gasteiger partial charge on any atom is -0.459 e. The van der Waals surface area contributed by atoms with Crippen LogP contribution in [0.3, 0.4) is 0 Å². The van der Waals surface area contributed by atoms with Crippen molar-refractivity contribution in [1.29, 1.82) is 0 Å². The van der Waals surface area contributed by atoms with Crippen LogP contribution >= 0.6 is 0 Å². The van der Waals surface area contributed by atoms with E-state index in [0.717, 1.165) is 65.0 Å². The maximum Gasteiger partial charge on any atom is 0.338 e. The minimum atomic E-state index is -0.118. The first kappa shape index (κ1) is 28.2. The average molecular weight is 521 g/mol. The lowest BCUT2D eigenvalue weighted by Crippen LogP contribution is -2.54. The second kappa shape index (κ2) is 10.9. The number of carbonyl (C=O) groups is 1. The van der Waals surface area contributed by atoms with Gasteiger partial charge in [-0.15, -0.1) is 0 Å². The van der Waals surface area contributed by atoms with Gasteiger partial charge in [-0.05, 0) is 136 Å². The molecule has 2 heteroatoms. The number of rotatable bonds is 7. The number of carbonyl (C=O) groups excluding carboxylic acids is 1. The molecule has 0 aliphatic heterocycles. The monoisotopic (exact) mass is 520 g/mol. The Bertz CT molecular complexity index is 975. The highest BCUT2D eigenvalue weighted by Gasteiger charge is 2.60. The summed E-state index contributed by atoms with van der Waals surface area (Å²) in [5.41, 5.74) is 4.00. The van der Waals surface area contributed by atoms with E-state index >= 15 is 0 Å². The maximum absolute atomic E-state index is 13.0. The SMILES string of the molecule is Cc1cc(C)cc(C(=O)OC2CCC3(C)C(CCC4C3CCC3(C)C(C(C)CCCC(C)C)CCC43)C2)c1. The lowest BCUT2D eigenvalue weighted by Gasteiger charge is -2.61. The Morgan fingerprint density at radius 1 is 0.868 bits per heavy atom. The van der Waals surface area contributed by atoms with Gasteiger partial charge in [-0.3, -0.25) is 0 Å². The molecule has 9 atom stereocenters. The van der Waals surface area contributed by atoms with Crippen LogP contribution in [-0.4, -0.2) is 12.1 Å². The number of hydrogen-bond donors (Lipinski definition) is 0. The molecule has 9 unspecified atom stereocenters. The van der Waals surface area contributed by atoms with Crippen LogP contribution in [0.1, 0.15) is 133 Å². The first-order valence-electron chi connectivity index (χ1n) is 16.3. The Kier molecular flexibility index (Phi) is 8.12. The van der Waals surface area contributed by atoms with E-state index in [2.05, 4.69) is 54.5 Å². The standard InChI is InChI=1S/C36H56O2/c1-23(2)9-8-10-26(5)31-13-14-32-30-12-11-28-22-29(38-34(37)27-20-24(3)19-25(4)21-27)15-17-35(28,6)33(30)16-18-36(31,32)7/h19-21,23,26,28-33H,8-18,22H2,1-7H3. The number of benzene rings is 1. The van der Waals surface area contributed by atoms with Crippen molar-refractivity contribution >= 4 is 5.97 Å². The Morgan fingerprint density at radius 3 is 2.26 bits per heavy atom. The molecule has 0 N–H and O–H groups in total. The van der Waals surface area contributed by atoms with Crippen LogP contribution in [0.5, 0.6) is 0 Å². The molecule has 0 radical (unpaired) electrons. The topological polar surface area (TPSA) is 26.3 Å². The van der Waals surface area contributed by atoms with E-state index in [1.807, 2.05) is 12.1 Å². The molecule has 0 saturated heterocycles. The largest absolute Gasteiger partial charge is 0.459 e. The fourth-order valence-corrected chi connectivity index (χ4v) is 10.7. The number of esters is 1. The van der Waals surface area contributed by atoms with E-state index < -0.39 is 0 Å². The van der Waals surface area contributed by atoms with E-state index in [4.69, 9.17) is 4.74 Å². The fourth-order valence-electron chi connectivity index (χ4n) is 10.7. The van der Waals surface area contributed by atoms with Crippen molar-refractivity contribution in [3.63, 3.8) is 0 Å². The smallest absolute Gasteiger partial charge is 0.338 e. The quantitative estimate of drug-likeness (QED) is 0.334. The minimum absolute atomic E-state index is 0.0920. The zero-order valence-electron chi connectivity index (χ0n) is 25.7. The third-order valence-electron chi connectivity index (χ3n) is 12.5. The summed E-state index contributed by atoms with van der Waals surface area (Å²) in [6, 6.07) is 6.08. The molecule has 0 bridgehead atoms. The third-order valence-corrected chi connectivity index (χ3v) is 12.5. The lowest BCUT2D eigenvalue weighted by atomic mass is 9.44. The predicted octanol–water partition coefficient (Wildman–Crippen LogP) is 9.95. The first-order valence-corrected chi connectivity index (χ1v) is 16.3. The summed E-state index contributed by atoms with van der Waals surface area (Å²) < 4.78 is 6.15. The fraction of sp³-hybridized carbons (Fsp3) is 0.806. The molecular weight excluding hydrogens is 464 g/mol. The Morgan fingerprint density at radius 2 is 1.55 bits per heavy atom. The van der Waals surface area contributed by atoms with Crippen molar-refractivity contribution in [1.82, 2.24) is 0 Å². The third kappa shape index (κ3) is 5.24. The van der Waals surface area contributed by atoms with Crippen molar-refractivity contribution in [2.24, 2.45) is 52.3 Å². The number of fused-ring (bicyclic) bond motifs is 5. The van der Waals surface area contributed by atoms with Gasteiger partial charge in [-0.2, -0.15) is 0 Å². The molecule has 4 aliphatic carbocycles. The van der Waals surface area contributed by atoms with E-state index in [1.165, 1.54) is 64.2 Å². The van der Waals surface area contributed by atoms with Crippen LogP contribution < -0.4 is 0 Å². The van der Waals surface area contributed by atoms with Crippen LogP contribution in [0, 0.1) is 66.1 Å². The van der Waals surface area contributed by atoms with Crippen LogP contribution in [0.4, 0.5) is 0 Å². The summed E-state index contributed by atoms with van der Waals surface area (Å²) in [6.07, 6.45) is 16.3. The van der Waals surface area contributed by atoms with Gasteiger partial charge in [0.2, 0.25) is 0 Å².